The first-order valence-corrected chi connectivity index (χ1v) is 6.16. The van der Waals surface area contributed by atoms with E-state index in [1.165, 1.54) is 18.4 Å². The third-order valence-electron chi connectivity index (χ3n) is 2.38. The fraction of sp³-hybridized carbons (Fsp3) is 0.0833. The number of hydrazine groups is 1. The number of nitrogens with one attached hydrogen (secondary N) is 1. The van der Waals surface area contributed by atoms with Gasteiger partial charge in [0.1, 0.15) is 18.6 Å². The molecule has 0 aliphatic heterocycles. The molecule has 3 N–H and O–H groups in total. The van der Waals surface area contributed by atoms with E-state index in [0.717, 1.165) is 6.07 Å². The second kappa shape index (κ2) is 6.02. The van der Waals surface area contributed by atoms with Gasteiger partial charge in [0, 0.05) is 4.47 Å². The Labute approximate surface area is 120 Å². The maximum atomic E-state index is 13.4. The SMILES string of the molecule is NNC(=O)c1coc(COc2cc(Br)cc(F)c2F)c1. The number of furan rings is 1. The lowest BCUT2D eigenvalue weighted by molar-refractivity contribution is 0.0953. The molecule has 0 spiro atoms. The first-order valence-electron chi connectivity index (χ1n) is 5.37. The Bertz CT molecular complexity index is 646. The van der Waals surface area contributed by atoms with Crippen LogP contribution in [0.4, 0.5) is 8.78 Å². The Morgan fingerprint density at radius 3 is 2.85 bits per heavy atom. The van der Waals surface area contributed by atoms with Gasteiger partial charge in [0.05, 0.1) is 5.56 Å². The Balaban J connectivity index is 2.09. The molecule has 2 rings (SSSR count). The number of carbonyl (C=O) groups excluding carboxylic acids is 1. The molecule has 0 saturated carbocycles. The van der Waals surface area contributed by atoms with Crippen LogP contribution in [0.3, 0.4) is 0 Å². The average Bonchev–Trinajstić information content (AvgIpc) is 2.89. The molecule has 20 heavy (non-hydrogen) atoms. The molecule has 1 amide bonds. The Hall–Kier alpha value is -1.93. The van der Waals surface area contributed by atoms with E-state index in [1.807, 2.05) is 5.43 Å². The maximum absolute atomic E-state index is 13.4. The maximum Gasteiger partial charge on any atom is 0.268 e. The van der Waals surface area contributed by atoms with Crippen molar-refractivity contribution in [2.45, 2.75) is 6.61 Å². The van der Waals surface area contributed by atoms with Crippen LogP contribution >= 0.6 is 15.9 Å². The van der Waals surface area contributed by atoms with Crippen molar-refractivity contribution in [2.75, 3.05) is 0 Å². The predicted molar refractivity (Wildman–Crippen MR) is 68.8 cm³/mol. The summed E-state index contributed by atoms with van der Waals surface area (Å²) in [7, 11) is 0. The van der Waals surface area contributed by atoms with Gasteiger partial charge >= 0.3 is 0 Å². The molecular weight excluding hydrogens is 338 g/mol. The molecule has 2 aromatic rings. The lowest BCUT2D eigenvalue weighted by Crippen LogP contribution is -2.29. The fourth-order valence-electron chi connectivity index (χ4n) is 1.45. The van der Waals surface area contributed by atoms with Crippen LogP contribution in [0.15, 0.2) is 33.4 Å². The number of carbonyl (C=O) groups is 1. The minimum atomic E-state index is -1.10. The van der Waals surface area contributed by atoms with Crippen molar-refractivity contribution in [3.8, 4) is 5.75 Å². The molecule has 1 heterocycles. The molecule has 1 aromatic carbocycles. The molecule has 5 nitrogen and oxygen atoms in total. The van der Waals surface area contributed by atoms with Gasteiger partial charge in [-0.25, -0.2) is 10.2 Å². The molecule has 106 valence electrons. The highest BCUT2D eigenvalue weighted by atomic mass is 79.9. The largest absolute Gasteiger partial charge is 0.482 e. The molecule has 1 aromatic heterocycles. The van der Waals surface area contributed by atoms with Crippen molar-refractivity contribution in [2.24, 2.45) is 5.84 Å². The van der Waals surface area contributed by atoms with E-state index >= 15 is 0 Å². The highest BCUT2D eigenvalue weighted by Gasteiger charge is 2.13. The lowest BCUT2D eigenvalue weighted by Gasteiger charge is -2.06. The third kappa shape index (κ3) is 3.14. The van der Waals surface area contributed by atoms with Crippen molar-refractivity contribution in [1.82, 2.24) is 5.43 Å². The van der Waals surface area contributed by atoms with Crippen molar-refractivity contribution in [1.29, 1.82) is 0 Å². The third-order valence-corrected chi connectivity index (χ3v) is 2.83. The van der Waals surface area contributed by atoms with Gasteiger partial charge in [-0.1, -0.05) is 15.9 Å². The lowest BCUT2D eigenvalue weighted by atomic mass is 10.3. The summed E-state index contributed by atoms with van der Waals surface area (Å²) in [6.45, 7) is -0.162. The molecular formula is C12H9BrF2N2O3. The summed E-state index contributed by atoms with van der Waals surface area (Å²) in [4.78, 5) is 11.2. The molecule has 0 fully saturated rings. The zero-order valence-corrected chi connectivity index (χ0v) is 11.5. The number of hydrogen-bond acceptors (Lipinski definition) is 4. The number of ether oxygens (including phenoxy) is 1. The zero-order chi connectivity index (χ0) is 14.7. The summed E-state index contributed by atoms with van der Waals surface area (Å²) in [5, 5.41) is 0. The average molecular weight is 347 g/mol. The molecule has 0 bridgehead atoms. The van der Waals surface area contributed by atoms with Crippen LogP contribution in [-0.2, 0) is 6.61 Å². The van der Waals surface area contributed by atoms with Crippen LogP contribution in [0.1, 0.15) is 16.1 Å². The Kier molecular flexibility index (Phi) is 4.35. The molecule has 8 heteroatoms. The van der Waals surface area contributed by atoms with Crippen molar-refractivity contribution in [3.05, 3.63) is 51.9 Å². The van der Waals surface area contributed by atoms with Crippen LogP contribution in [-0.4, -0.2) is 5.91 Å². The summed E-state index contributed by atoms with van der Waals surface area (Å²) in [5.74, 6) is 2.31. The highest BCUT2D eigenvalue weighted by Crippen LogP contribution is 2.26. The van der Waals surface area contributed by atoms with Gasteiger partial charge in [-0.15, -0.1) is 0 Å². The Morgan fingerprint density at radius 2 is 2.15 bits per heavy atom. The smallest absolute Gasteiger partial charge is 0.268 e. The zero-order valence-electron chi connectivity index (χ0n) is 9.95. The van der Waals surface area contributed by atoms with Crippen LogP contribution in [0, 0.1) is 11.6 Å². The molecule has 0 aliphatic rings. The van der Waals surface area contributed by atoms with Crippen LogP contribution < -0.4 is 16.0 Å². The van der Waals surface area contributed by atoms with Gasteiger partial charge in [0.25, 0.3) is 5.91 Å². The number of amides is 1. The van der Waals surface area contributed by atoms with Gasteiger partial charge in [-0.05, 0) is 18.2 Å². The number of benzene rings is 1. The summed E-state index contributed by atoms with van der Waals surface area (Å²) in [5.41, 5.74) is 2.14. The quantitative estimate of drug-likeness (QED) is 0.386. The number of nitrogen functional groups attached to an aromatic ring is 1. The van der Waals surface area contributed by atoms with E-state index in [0.29, 0.717) is 4.47 Å². The standard InChI is InChI=1S/C12H9BrF2N2O3/c13-7-2-9(14)11(15)10(3-7)20-5-8-1-6(4-19-8)12(18)17-16/h1-4H,5,16H2,(H,17,18). The van der Waals surface area contributed by atoms with Gasteiger partial charge in [0.2, 0.25) is 5.82 Å². The monoisotopic (exact) mass is 346 g/mol. The van der Waals surface area contributed by atoms with Crippen molar-refractivity contribution in [3.63, 3.8) is 0 Å². The molecule has 0 saturated heterocycles. The van der Waals surface area contributed by atoms with Gasteiger partial charge in [-0.2, -0.15) is 4.39 Å². The van der Waals surface area contributed by atoms with Crippen molar-refractivity contribution >= 4 is 21.8 Å². The normalized spacial score (nSPS) is 10.4. The number of nitrogens with two attached hydrogens (primary N) is 1. The topological polar surface area (TPSA) is 77.5 Å². The predicted octanol–water partition coefficient (Wildman–Crippen LogP) is 2.50. The minimum Gasteiger partial charge on any atom is -0.482 e. The summed E-state index contributed by atoms with van der Waals surface area (Å²) in [6, 6.07) is 3.65. The number of rotatable bonds is 4. The number of hydrogen-bond donors (Lipinski definition) is 2. The van der Waals surface area contributed by atoms with Crippen LogP contribution in [0.25, 0.3) is 0 Å². The van der Waals surface area contributed by atoms with Gasteiger partial charge in [-0.3, -0.25) is 10.2 Å². The summed E-state index contributed by atoms with van der Waals surface area (Å²) >= 11 is 3.03. The highest BCUT2D eigenvalue weighted by molar-refractivity contribution is 9.10. The van der Waals surface area contributed by atoms with Crippen molar-refractivity contribution < 1.29 is 22.7 Å². The molecule has 0 atom stereocenters. The summed E-state index contributed by atoms with van der Waals surface area (Å²) in [6.07, 6.45) is 1.18. The Morgan fingerprint density at radius 1 is 1.40 bits per heavy atom. The van der Waals surface area contributed by atoms with E-state index in [-0.39, 0.29) is 23.7 Å². The van der Waals surface area contributed by atoms with Gasteiger partial charge in [0.15, 0.2) is 11.6 Å². The van der Waals surface area contributed by atoms with E-state index in [9.17, 15) is 13.6 Å². The van der Waals surface area contributed by atoms with Crippen LogP contribution in [0.2, 0.25) is 0 Å². The molecule has 0 unspecified atom stereocenters. The van der Waals surface area contributed by atoms with E-state index in [2.05, 4.69) is 15.9 Å². The second-order valence-corrected chi connectivity index (χ2v) is 4.68. The van der Waals surface area contributed by atoms with E-state index in [4.69, 9.17) is 15.0 Å². The van der Waals surface area contributed by atoms with E-state index in [1.54, 1.807) is 0 Å². The van der Waals surface area contributed by atoms with E-state index < -0.39 is 17.5 Å². The first kappa shape index (κ1) is 14.5. The first-order chi connectivity index (χ1) is 9.51. The van der Waals surface area contributed by atoms with Gasteiger partial charge < -0.3 is 9.15 Å². The molecule has 0 radical (unpaired) electrons. The molecule has 0 aliphatic carbocycles. The summed E-state index contributed by atoms with van der Waals surface area (Å²) < 4.78 is 37.1. The minimum absolute atomic E-state index is 0.162. The fourth-order valence-corrected chi connectivity index (χ4v) is 1.85. The number of halogens is 3. The second-order valence-electron chi connectivity index (χ2n) is 3.76. The van der Waals surface area contributed by atoms with Crippen LogP contribution in [0.5, 0.6) is 5.75 Å².